The molecule has 2 rings (SSSR count). The largest absolute Gasteiger partial charge is 0.444 e. The number of nitro benzene ring substituents is 1. The zero-order chi connectivity index (χ0) is 19.3. The van der Waals surface area contributed by atoms with Gasteiger partial charge in [-0.25, -0.2) is 4.79 Å². The van der Waals surface area contributed by atoms with Crippen molar-refractivity contribution in [3.63, 3.8) is 0 Å². The molecule has 1 aromatic carbocycles. The van der Waals surface area contributed by atoms with Crippen molar-refractivity contribution in [2.75, 3.05) is 0 Å². The molecule has 142 valence electrons. The summed E-state index contributed by atoms with van der Waals surface area (Å²) < 4.78 is 5.24. The Morgan fingerprint density at radius 2 is 1.62 bits per heavy atom. The Bertz CT molecular complexity index is 676. The number of carbonyl (C=O) groups excluding carboxylic acids is 2. The lowest BCUT2D eigenvalue weighted by Gasteiger charge is -2.30. The van der Waals surface area contributed by atoms with Gasteiger partial charge in [0.25, 0.3) is 11.6 Å². The third-order valence-corrected chi connectivity index (χ3v) is 4.13. The van der Waals surface area contributed by atoms with Gasteiger partial charge in [-0.2, -0.15) is 0 Å². The van der Waals surface area contributed by atoms with Gasteiger partial charge < -0.3 is 15.4 Å². The Balaban J connectivity index is 1.85. The van der Waals surface area contributed by atoms with E-state index in [9.17, 15) is 19.7 Å². The van der Waals surface area contributed by atoms with Gasteiger partial charge in [-0.1, -0.05) is 12.1 Å². The number of nitrogens with one attached hydrogen (secondary N) is 2. The molecule has 0 saturated heterocycles. The topological polar surface area (TPSA) is 111 Å². The van der Waals surface area contributed by atoms with Gasteiger partial charge in [0, 0.05) is 18.2 Å². The molecule has 1 aliphatic rings. The molecule has 0 bridgehead atoms. The van der Waals surface area contributed by atoms with Gasteiger partial charge in [-0.3, -0.25) is 14.9 Å². The average molecular weight is 363 g/mol. The Morgan fingerprint density at radius 1 is 1.08 bits per heavy atom. The first-order valence-electron chi connectivity index (χ1n) is 8.69. The number of amides is 2. The van der Waals surface area contributed by atoms with Crippen molar-refractivity contribution in [2.24, 2.45) is 0 Å². The maximum Gasteiger partial charge on any atom is 0.407 e. The van der Waals surface area contributed by atoms with E-state index in [-0.39, 0.29) is 23.3 Å². The molecule has 8 nitrogen and oxygen atoms in total. The molecule has 0 spiro atoms. The molecule has 0 radical (unpaired) electrons. The number of nitro groups is 1. The van der Waals surface area contributed by atoms with Crippen molar-refractivity contribution in [3.05, 3.63) is 39.9 Å². The van der Waals surface area contributed by atoms with E-state index in [1.165, 1.54) is 18.2 Å². The predicted molar refractivity (Wildman–Crippen MR) is 96.0 cm³/mol. The first-order chi connectivity index (χ1) is 12.2. The van der Waals surface area contributed by atoms with Gasteiger partial charge >= 0.3 is 6.09 Å². The van der Waals surface area contributed by atoms with Crippen LogP contribution >= 0.6 is 0 Å². The molecule has 1 fully saturated rings. The Hall–Kier alpha value is -2.64. The number of benzene rings is 1. The van der Waals surface area contributed by atoms with Gasteiger partial charge in [-0.05, 0) is 52.5 Å². The molecule has 0 aromatic heterocycles. The number of hydrogen-bond acceptors (Lipinski definition) is 5. The lowest BCUT2D eigenvalue weighted by molar-refractivity contribution is -0.385. The fraction of sp³-hybridized carbons (Fsp3) is 0.556. The Morgan fingerprint density at radius 3 is 2.15 bits per heavy atom. The maximum absolute atomic E-state index is 12.3. The predicted octanol–water partition coefficient (Wildman–Crippen LogP) is 3.16. The van der Waals surface area contributed by atoms with Gasteiger partial charge in [0.15, 0.2) is 0 Å². The van der Waals surface area contributed by atoms with Gasteiger partial charge in [-0.15, -0.1) is 0 Å². The lowest BCUT2D eigenvalue weighted by atomic mass is 9.91. The summed E-state index contributed by atoms with van der Waals surface area (Å²) in [5.74, 6) is -0.444. The van der Waals surface area contributed by atoms with Crippen LogP contribution in [0.15, 0.2) is 24.3 Å². The highest BCUT2D eigenvalue weighted by atomic mass is 16.6. The number of para-hydroxylation sites is 1. The summed E-state index contributed by atoms with van der Waals surface area (Å²) in [6, 6.07) is 5.83. The maximum atomic E-state index is 12.3. The quantitative estimate of drug-likeness (QED) is 0.630. The Labute approximate surface area is 152 Å². The summed E-state index contributed by atoms with van der Waals surface area (Å²) in [4.78, 5) is 34.6. The summed E-state index contributed by atoms with van der Waals surface area (Å²) in [6.07, 6.45) is 2.35. The van der Waals surface area contributed by atoms with Crippen molar-refractivity contribution < 1.29 is 19.2 Å². The van der Waals surface area contributed by atoms with E-state index in [0.717, 1.165) is 0 Å². The van der Waals surface area contributed by atoms with Gasteiger partial charge in [0.05, 0.1) is 4.92 Å². The third-order valence-electron chi connectivity index (χ3n) is 4.13. The fourth-order valence-electron chi connectivity index (χ4n) is 2.94. The minimum absolute atomic E-state index is 0.00376. The van der Waals surface area contributed by atoms with Gasteiger partial charge in [0.1, 0.15) is 11.2 Å². The second-order valence-electron chi connectivity index (χ2n) is 7.44. The van der Waals surface area contributed by atoms with Crippen LogP contribution in [0.3, 0.4) is 0 Å². The van der Waals surface area contributed by atoms with Crippen molar-refractivity contribution in [1.82, 2.24) is 10.6 Å². The number of rotatable bonds is 4. The van der Waals surface area contributed by atoms with E-state index in [1.54, 1.807) is 6.07 Å². The number of nitrogens with zero attached hydrogens (tertiary/aromatic N) is 1. The first kappa shape index (κ1) is 19.7. The summed E-state index contributed by atoms with van der Waals surface area (Å²) in [6.45, 7) is 5.42. The zero-order valence-corrected chi connectivity index (χ0v) is 15.3. The van der Waals surface area contributed by atoms with Crippen LogP contribution in [0.25, 0.3) is 0 Å². The van der Waals surface area contributed by atoms with Crippen LogP contribution in [0.1, 0.15) is 56.8 Å². The highest BCUT2D eigenvalue weighted by molar-refractivity contribution is 5.98. The standard InChI is InChI=1S/C18H25N3O5/c1-18(2,3)26-17(23)20-13-10-8-12(9-11-13)19-16(22)14-6-4-5-7-15(14)21(24)25/h4-7,12-13H,8-11H2,1-3H3,(H,19,22)(H,20,23). The molecular weight excluding hydrogens is 338 g/mol. The highest BCUT2D eigenvalue weighted by Crippen LogP contribution is 2.22. The van der Waals surface area contributed by atoms with Crippen molar-refractivity contribution >= 4 is 17.7 Å². The molecule has 0 aliphatic heterocycles. The number of alkyl carbamates (subject to hydrolysis) is 1. The smallest absolute Gasteiger partial charge is 0.407 e. The number of ether oxygens (including phenoxy) is 1. The molecule has 26 heavy (non-hydrogen) atoms. The molecule has 2 amide bonds. The fourth-order valence-corrected chi connectivity index (χ4v) is 2.94. The molecule has 0 atom stereocenters. The average Bonchev–Trinajstić information content (AvgIpc) is 2.54. The second-order valence-corrected chi connectivity index (χ2v) is 7.44. The third kappa shape index (κ3) is 5.72. The van der Waals surface area contributed by atoms with Crippen LogP contribution in [-0.2, 0) is 4.74 Å². The van der Waals surface area contributed by atoms with E-state index in [2.05, 4.69) is 10.6 Å². The van der Waals surface area contributed by atoms with E-state index in [4.69, 9.17) is 4.74 Å². The van der Waals surface area contributed by atoms with E-state index in [0.29, 0.717) is 25.7 Å². The van der Waals surface area contributed by atoms with Crippen molar-refractivity contribution in [3.8, 4) is 0 Å². The highest BCUT2D eigenvalue weighted by Gasteiger charge is 2.27. The molecule has 0 heterocycles. The van der Waals surface area contributed by atoms with E-state index < -0.39 is 22.5 Å². The van der Waals surface area contributed by atoms with Crippen LogP contribution in [-0.4, -0.2) is 34.6 Å². The molecule has 1 aliphatic carbocycles. The summed E-state index contributed by atoms with van der Waals surface area (Å²) in [5.41, 5.74) is -0.684. The molecule has 8 heteroatoms. The van der Waals surface area contributed by atoms with Crippen LogP contribution in [0, 0.1) is 10.1 Å². The monoisotopic (exact) mass is 363 g/mol. The molecule has 1 aromatic rings. The summed E-state index contributed by atoms with van der Waals surface area (Å²) in [7, 11) is 0. The normalized spacial score (nSPS) is 20.1. The lowest BCUT2D eigenvalue weighted by Crippen LogP contribution is -2.45. The minimum atomic E-state index is -0.559. The molecule has 0 unspecified atom stereocenters. The SMILES string of the molecule is CC(C)(C)OC(=O)NC1CCC(NC(=O)c2ccccc2[N+](=O)[O-])CC1. The number of carbonyl (C=O) groups is 2. The first-order valence-corrected chi connectivity index (χ1v) is 8.69. The van der Waals surface area contributed by atoms with Crippen LogP contribution in [0.5, 0.6) is 0 Å². The van der Waals surface area contributed by atoms with Crippen molar-refractivity contribution in [1.29, 1.82) is 0 Å². The zero-order valence-electron chi connectivity index (χ0n) is 15.3. The van der Waals surface area contributed by atoms with Crippen LogP contribution in [0.2, 0.25) is 0 Å². The molecule has 1 saturated carbocycles. The second kappa shape index (κ2) is 8.16. The summed E-state index contributed by atoms with van der Waals surface area (Å²) >= 11 is 0. The minimum Gasteiger partial charge on any atom is -0.444 e. The van der Waals surface area contributed by atoms with E-state index in [1.807, 2.05) is 20.8 Å². The molecular formula is C18H25N3O5. The Kier molecular flexibility index (Phi) is 6.18. The van der Waals surface area contributed by atoms with Crippen LogP contribution < -0.4 is 10.6 Å². The molecule has 2 N–H and O–H groups in total. The van der Waals surface area contributed by atoms with E-state index >= 15 is 0 Å². The van der Waals surface area contributed by atoms with Crippen LogP contribution in [0.4, 0.5) is 10.5 Å². The summed E-state index contributed by atoms with van der Waals surface area (Å²) in [5, 5.41) is 16.7. The van der Waals surface area contributed by atoms with Crippen molar-refractivity contribution in [2.45, 2.75) is 64.1 Å². The van der Waals surface area contributed by atoms with Gasteiger partial charge in [0.2, 0.25) is 0 Å². The number of hydrogen-bond donors (Lipinski definition) is 2.